The maximum Gasteiger partial charge on any atom is 0.0938 e. The number of rotatable bonds is 3. The highest BCUT2D eigenvalue weighted by molar-refractivity contribution is 4.79. The molecule has 1 atom stereocenters. The predicted octanol–water partition coefficient (Wildman–Crippen LogP) is 1.27. The maximum absolute atomic E-state index is 5.90. The fourth-order valence-corrected chi connectivity index (χ4v) is 1.83. The lowest BCUT2D eigenvalue weighted by molar-refractivity contribution is -0.0169. The Labute approximate surface area is 86.4 Å². The van der Waals surface area contributed by atoms with Gasteiger partial charge in [-0.1, -0.05) is 0 Å². The van der Waals surface area contributed by atoms with Crippen LogP contribution in [0, 0.1) is 0 Å². The van der Waals surface area contributed by atoms with E-state index in [1.807, 2.05) is 0 Å². The van der Waals surface area contributed by atoms with Crippen molar-refractivity contribution in [1.29, 1.82) is 0 Å². The molecular weight excluding hydrogens is 178 g/mol. The van der Waals surface area contributed by atoms with Crippen LogP contribution in [0.4, 0.5) is 0 Å². The summed E-state index contributed by atoms with van der Waals surface area (Å²) in [5.41, 5.74) is 0. The van der Waals surface area contributed by atoms with E-state index in [9.17, 15) is 0 Å². The fraction of sp³-hybridized carbons (Fsp3) is 1.00. The van der Waals surface area contributed by atoms with Crippen molar-refractivity contribution in [2.75, 3.05) is 26.3 Å². The Morgan fingerprint density at radius 3 is 2.71 bits per heavy atom. The first-order valence-corrected chi connectivity index (χ1v) is 5.73. The first kappa shape index (κ1) is 10.4. The van der Waals surface area contributed by atoms with Gasteiger partial charge in [-0.3, -0.25) is 4.90 Å². The van der Waals surface area contributed by atoms with E-state index in [4.69, 9.17) is 9.47 Å². The SMILES string of the molecule is CC(C)N1CCOC[C@H](OC2CC2)C1. The molecule has 1 saturated heterocycles. The van der Waals surface area contributed by atoms with Crippen LogP contribution in [0.2, 0.25) is 0 Å². The molecule has 3 nitrogen and oxygen atoms in total. The van der Waals surface area contributed by atoms with Gasteiger partial charge < -0.3 is 9.47 Å². The molecular formula is C11H21NO2. The Morgan fingerprint density at radius 1 is 1.29 bits per heavy atom. The molecule has 0 unspecified atom stereocenters. The molecule has 14 heavy (non-hydrogen) atoms. The summed E-state index contributed by atoms with van der Waals surface area (Å²) in [7, 11) is 0. The largest absolute Gasteiger partial charge is 0.377 e. The van der Waals surface area contributed by atoms with Crippen molar-refractivity contribution < 1.29 is 9.47 Å². The molecule has 0 bridgehead atoms. The number of hydrogen-bond donors (Lipinski definition) is 0. The van der Waals surface area contributed by atoms with Gasteiger partial charge in [-0.05, 0) is 26.7 Å². The molecule has 82 valence electrons. The molecule has 1 saturated carbocycles. The van der Waals surface area contributed by atoms with Gasteiger partial charge in [-0.15, -0.1) is 0 Å². The highest BCUT2D eigenvalue weighted by Gasteiger charge is 2.29. The van der Waals surface area contributed by atoms with Gasteiger partial charge in [0, 0.05) is 19.1 Å². The van der Waals surface area contributed by atoms with E-state index in [1.165, 1.54) is 12.8 Å². The summed E-state index contributed by atoms with van der Waals surface area (Å²) in [5.74, 6) is 0. The minimum atomic E-state index is 0.299. The van der Waals surface area contributed by atoms with E-state index in [2.05, 4.69) is 18.7 Å². The van der Waals surface area contributed by atoms with Gasteiger partial charge in [0.25, 0.3) is 0 Å². The minimum Gasteiger partial charge on any atom is -0.377 e. The van der Waals surface area contributed by atoms with Crippen molar-refractivity contribution in [2.45, 2.75) is 44.9 Å². The van der Waals surface area contributed by atoms with Crippen molar-refractivity contribution in [3.05, 3.63) is 0 Å². The van der Waals surface area contributed by atoms with Crippen molar-refractivity contribution >= 4 is 0 Å². The molecule has 0 aromatic carbocycles. The topological polar surface area (TPSA) is 21.7 Å². The molecule has 2 fully saturated rings. The molecule has 1 aliphatic heterocycles. The molecule has 0 aromatic heterocycles. The lowest BCUT2D eigenvalue weighted by Crippen LogP contribution is -2.39. The van der Waals surface area contributed by atoms with Gasteiger partial charge >= 0.3 is 0 Å². The van der Waals surface area contributed by atoms with E-state index in [0.29, 0.717) is 18.2 Å². The van der Waals surface area contributed by atoms with E-state index in [-0.39, 0.29) is 0 Å². The first-order chi connectivity index (χ1) is 6.75. The van der Waals surface area contributed by atoms with E-state index >= 15 is 0 Å². The molecule has 0 amide bonds. The summed E-state index contributed by atoms with van der Waals surface area (Å²) in [5, 5.41) is 0. The van der Waals surface area contributed by atoms with E-state index in [1.54, 1.807) is 0 Å². The Balaban J connectivity index is 1.82. The standard InChI is InChI=1S/C11H21NO2/c1-9(2)12-5-6-13-8-11(7-12)14-10-3-4-10/h9-11H,3-8H2,1-2H3/t11-/m1/s1. The zero-order valence-electron chi connectivity index (χ0n) is 9.24. The molecule has 0 radical (unpaired) electrons. The molecule has 2 aliphatic rings. The Kier molecular flexibility index (Phi) is 3.42. The van der Waals surface area contributed by atoms with Crippen molar-refractivity contribution in [1.82, 2.24) is 4.90 Å². The summed E-state index contributed by atoms with van der Waals surface area (Å²) in [4.78, 5) is 2.44. The van der Waals surface area contributed by atoms with Crippen LogP contribution in [0.15, 0.2) is 0 Å². The van der Waals surface area contributed by atoms with Crippen LogP contribution in [-0.4, -0.2) is 49.5 Å². The summed E-state index contributed by atoms with van der Waals surface area (Å²) >= 11 is 0. The van der Waals surface area contributed by atoms with Crippen LogP contribution in [0.25, 0.3) is 0 Å². The van der Waals surface area contributed by atoms with Crippen LogP contribution >= 0.6 is 0 Å². The molecule has 0 N–H and O–H groups in total. The molecule has 1 aliphatic carbocycles. The Bertz CT molecular complexity index is 180. The number of hydrogen-bond acceptors (Lipinski definition) is 3. The predicted molar refractivity (Wildman–Crippen MR) is 55.4 cm³/mol. The number of nitrogens with zero attached hydrogens (tertiary/aromatic N) is 1. The van der Waals surface area contributed by atoms with Crippen LogP contribution in [0.1, 0.15) is 26.7 Å². The minimum absolute atomic E-state index is 0.299. The maximum atomic E-state index is 5.90. The van der Waals surface area contributed by atoms with Gasteiger partial charge in [-0.25, -0.2) is 0 Å². The lowest BCUT2D eigenvalue weighted by Gasteiger charge is -2.26. The summed E-state index contributed by atoms with van der Waals surface area (Å²) in [6.07, 6.45) is 3.33. The van der Waals surface area contributed by atoms with Gasteiger partial charge in [0.05, 0.1) is 25.4 Å². The zero-order chi connectivity index (χ0) is 9.97. The van der Waals surface area contributed by atoms with Crippen LogP contribution in [0.5, 0.6) is 0 Å². The fourth-order valence-electron chi connectivity index (χ4n) is 1.83. The van der Waals surface area contributed by atoms with E-state index < -0.39 is 0 Å². The quantitative estimate of drug-likeness (QED) is 0.683. The van der Waals surface area contributed by atoms with E-state index in [0.717, 1.165) is 26.3 Å². The zero-order valence-corrected chi connectivity index (χ0v) is 9.24. The highest BCUT2D eigenvalue weighted by Crippen LogP contribution is 2.25. The summed E-state index contributed by atoms with van der Waals surface area (Å²) in [6, 6.07) is 0.599. The van der Waals surface area contributed by atoms with Crippen molar-refractivity contribution in [3.63, 3.8) is 0 Å². The molecule has 0 aromatic rings. The third-order valence-electron chi connectivity index (χ3n) is 2.90. The van der Waals surface area contributed by atoms with Crippen molar-refractivity contribution in [2.24, 2.45) is 0 Å². The monoisotopic (exact) mass is 199 g/mol. The smallest absolute Gasteiger partial charge is 0.0938 e. The Hall–Kier alpha value is -0.120. The summed E-state index contributed by atoms with van der Waals surface area (Å²) < 4.78 is 11.4. The van der Waals surface area contributed by atoms with Crippen LogP contribution in [-0.2, 0) is 9.47 Å². The van der Waals surface area contributed by atoms with Gasteiger partial charge in [0.1, 0.15) is 0 Å². The second-order valence-electron chi connectivity index (χ2n) is 4.62. The lowest BCUT2D eigenvalue weighted by atomic mass is 10.2. The average Bonchev–Trinajstić information content (AvgIpc) is 2.92. The van der Waals surface area contributed by atoms with Gasteiger partial charge in [-0.2, -0.15) is 0 Å². The average molecular weight is 199 g/mol. The van der Waals surface area contributed by atoms with Crippen LogP contribution in [0.3, 0.4) is 0 Å². The third kappa shape index (κ3) is 2.94. The van der Waals surface area contributed by atoms with Crippen LogP contribution < -0.4 is 0 Å². The molecule has 2 rings (SSSR count). The van der Waals surface area contributed by atoms with Gasteiger partial charge in [0.15, 0.2) is 0 Å². The second kappa shape index (κ2) is 4.60. The first-order valence-electron chi connectivity index (χ1n) is 5.73. The Morgan fingerprint density at radius 2 is 2.07 bits per heavy atom. The molecule has 3 heteroatoms. The normalized spacial score (nSPS) is 30.6. The van der Waals surface area contributed by atoms with Crippen molar-refractivity contribution in [3.8, 4) is 0 Å². The molecule has 1 heterocycles. The van der Waals surface area contributed by atoms with Gasteiger partial charge in [0.2, 0.25) is 0 Å². The molecule has 0 spiro atoms. The third-order valence-corrected chi connectivity index (χ3v) is 2.90. The highest BCUT2D eigenvalue weighted by atomic mass is 16.5. The summed E-state index contributed by atoms with van der Waals surface area (Å²) in [6.45, 7) is 8.18. The number of ether oxygens (including phenoxy) is 2. The second-order valence-corrected chi connectivity index (χ2v) is 4.62.